The molecule has 0 spiro atoms. The molecule has 0 bridgehead atoms. The zero-order valence-electron chi connectivity index (χ0n) is 10.3. The van der Waals surface area contributed by atoms with Crippen LogP contribution in [0.15, 0.2) is 18.2 Å². The summed E-state index contributed by atoms with van der Waals surface area (Å²) in [5.41, 5.74) is -0.528. The number of halogens is 2. The number of anilines is 1. The Morgan fingerprint density at radius 3 is 2.32 bits per heavy atom. The van der Waals surface area contributed by atoms with E-state index >= 15 is 0 Å². The molecule has 2 amide bonds. The molecule has 7 heteroatoms. The predicted octanol–water partition coefficient (Wildman–Crippen LogP) is 1.17. The minimum absolute atomic E-state index is 0.0158. The maximum absolute atomic E-state index is 13.3. The zero-order chi connectivity index (χ0) is 14.3. The van der Waals surface area contributed by atoms with Gasteiger partial charge in [0, 0.05) is 19.7 Å². The van der Waals surface area contributed by atoms with Crippen molar-refractivity contribution in [3.63, 3.8) is 0 Å². The fourth-order valence-electron chi connectivity index (χ4n) is 1.50. The Kier molecular flexibility index (Phi) is 6.17. The minimum atomic E-state index is -0.876. The first-order chi connectivity index (χ1) is 9.10. The molecule has 0 atom stereocenters. The number of hydrogen-bond donors (Lipinski definition) is 3. The summed E-state index contributed by atoms with van der Waals surface area (Å²) in [4.78, 5) is 13.0. The first-order valence-corrected chi connectivity index (χ1v) is 5.81. The van der Waals surface area contributed by atoms with Crippen molar-refractivity contribution >= 4 is 11.7 Å². The molecule has 106 valence electrons. The molecule has 1 aromatic carbocycles. The molecule has 0 aliphatic rings. The molecule has 0 unspecified atom stereocenters. The number of nitrogens with one attached hydrogen (secondary N) is 1. The summed E-state index contributed by atoms with van der Waals surface area (Å²) in [5.74, 6) is -1.75. The van der Waals surface area contributed by atoms with Gasteiger partial charge in [-0.15, -0.1) is 0 Å². The Bertz CT molecular complexity index is 409. The molecule has 5 nitrogen and oxygen atoms in total. The molecule has 0 heterocycles. The summed E-state index contributed by atoms with van der Waals surface area (Å²) in [6, 6.07) is 2.52. The molecule has 0 aromatic heterocycles. The Labute approximate surface area is 109 Å². The first kappa shape index (κ1) is 15.3. The van der Waals surface area contributed by atoms with Crippen molar-refractivity contribution in [3.8, 4) is 0 Å². The van der Waals surface area contributed by atoms with E-state index in [0.717, 1.165) is 12.1 Å². The van der Waals surface area contributed by atoms with Gasteiger partial charge < -0.3 is 20.4 Å². The van der Waals surface area contributed by atoms with Gasteiger partial charge in [0.25, 0.3) is 0 Å². The average Bonchev–Trinajstić information content (AvgIpc) is 2.38. The highest BCUT2D eigenvalue weighted by atomic mass is 19.1. The second-order valence-corrected chi connectivity index (χ2v) is 3.81. The van der Waals surface area contributed by atoms with E-state index in [1.54, 1.807) is 0 Å². The van der Waals surface area contributed by atoms with Crippen molar-refractivity contribution in [3.05, 3.63) is 29.8 Å². The Balaban J connectivity index is 2.75. The van der Waals surface area contributed by atoms with Gasteiger partial charge in [-0.1, -0.05) is 6.07 Å². The van der Waals surface area contributed by atoms with Crippen LogP contribution in [0.5, 0.6) is 0 Å². The molecule has 1 rings (SSSR count). The monoisotopic (exact) mass is 274 g/mol. The molecule has 0 aliphatic heterocycles. The number of benzene rings is 1. The van der Waals surface area contributed by atoms with Crippen molar-refractivity contribution in [1.29, 1.82) is 0 Å². The van der Waals surface area contributed by atoms with E-state index < -0.39 is 23.4 Å². The van der Waals surface area contributed by atoms with Crippen LogP contribution in [0.2, 0.25) is 0 Å². The third-order valence-electron chi connectivity index (χ3n) is 2.44. The van der Waals surface area contributed by atoms with E-state index in [-0.39, 0.29) is 26.3 Å². The maximum atomic E-state index is 13.3. The number of rotatable bonds is 6. The van der Waals surface area contributed by atoms with Crippen LogP contribution < -0.4 is 5.32 Å². The van der Waals surface area contributed by atoms with Crippen LogP contribution in [0.25, 0.3) is 0 Å². The summed E-state index contributed by atoms with van der Waals surface area (Å²) >= 11 is 0. The lowest BCUT2D eigenvalue weighted by atomic mass is 10.3. The summed E-state index contributed by atoms with van der Waals surface area (Å²) in [5, 5.41) is 19.6. The van der Waals surface area contributed by atoms with E-state index in [4.69, 9.17) is 10.2 Å². The quantitative estimate of drug-likeness (QED) is 0.729. The van der Waals surface area contributed by atoms with Crippen LogP contribution in [0.1, 0.15) is 6.42 Å². The number of carbonyl (C=O) groups is 1. The van der Waals surface area contributed by atoms with Gasteiger partial charge in [0.15, 0.2) is 0 Å². The van der Waals surface area contributed by atoms with Crippen LogP contribution in [-0.2, 0) is 0 Å². The summed E-state index contributed by atoms with van der Waals surface area (Å²) in [6.45, 7) is -0.206. The second-order valence-electron chi connectivity index (χ2n) is 3.81. The number of para-hydroxylation sites is 1. The molecule has 19 heavy (non-hydrogen) atoms. The topological polar surface area (TPSA) is 72.8 Å². The van der Waals surface area contributed by atoms with Crippen LogP contribution in [0.4, 0.5) is 19.3 Å². The van der Waals surface area contributed by atoms with Gasteiger partial charge in [-0.2, -0.15) is 0 Å². The van der Waals surface area contributed by atoms with Gasteiger partial charge in [0.1, 0.15) is 17.3 Å². The highest BCUT2D eigenvalue weighted by molar-refractivity contribution is 5.89. The summed E-state index contributed by atoms with van der Waals surface area (Å²) < 4.78 is 26.7. The third kappa shape index (κ3) is 4.46. The zero-order valence-corrected chi connectivity index (χ0v) is 10.3. The molecule has 0 fully saturated rings. The fraction of sp³-hybridized carbons (Fsp3) is 0.417. The number of carbonyl (C=O) groups excluding carboxylic acids is 1. The van der Waals surface area contributed by atoms with E-state index in [2.05, 4.69) is 5.32 Å². The Morgan fingerprint density at radius 2 is 1.79 bits per heavy atom. The summed E-state index contributed by atoms with van der Waals surface area (Å²) in [7, 11) is 0. The van der Waals surface area contributed by atoms with E-state index in [9.17, 15) is 13.6 Å². The minimum Gasteiger partial charge on any atom is -0.396 e. The molecule has 0 saturated heterocycles. The molecular formula is C12H16F2N2O3. The smallest absolute Gasteiger partial charge is 0.322 e. The SMILES string of the molecule is O=C(Nc1c(F)cccc1F)N(CCO)CCCO. The van der Waals surface area contributed by atoms with Gasteiger partial charge in [-0.25, -0.2) is 13.6 Å². The maximum Gasteiger partial charge on any atom is 0.322 e. The Morgan fingerprint density at radius 1 is 1.16 bits per heavy atom. The standard InChI is InChI=1S/C12H16F2N2O3/c13-9-3-1-4-10(14)11(9)15-12(19)16(6-8-18)5-2-7-17/h1,3-4,17-18H,2,5-8H2,(H,15,19). The van der Waals surface area contributed by atoms with Gasteiger partial charge in [0.05, 0.1) is 6.61 Å². The highest BCUT2D eigenvalue weighted by Gasteiger charge is 2.16. The Hall–Kier alpha value is -1.73. The molecular weight excluding hydrogens is 258 g/mol. The van der Waals surface area contributed by atoms with Crippen molar-refractivity contribution < 1.29 is 23.8 Å². The number of amides is 2. The number of nitrogens with zero attached hydrogens (tertiary/aromatic N) is 1. The highest BCUT2D eigenvalue weighted by Crippen LogP contribution is 2.18. The van der Waals surface area contributed by atoms with E-state index in [0.29, 0.717) is 6.42 Å². The molecule has 0 radical (unpaired) electrons. The third-order valence-corrected chi connectivity index (χ3v) is 2.44. The molecule has 3 N–H and O–H groups in total. The van der Waals surface area contributed by atoms with Gasteiger partial charge in [-0.05, 0) is 18.6 Å². The lowest BCUT2D eigenvalue weighted by Crippen LogP contribution is -2.38. The average molecular weight is 274 g/mol. The predicted molar refractivity (Wildman–Crippen MR) is 65.7 cm³/mol. The molecule has 0 aliphatic carbocycles. The van der Waals surface area contributed by atoms with Crippen LogP contribution in [-0.4, -0.2) is 47.4 Å². The van der Waals surface area contributed by atoms with Crippen molar-refractivity contribution in [2.24, 2.45) is 0 Å². The number of aliphatic hydroxyl groups excluding tert-OH is 2. The number of hydrogen-bond acceptors (Lipinski definition) is 3. The van der Waals surface area contributed by atoms with Crippen LogP contribution in [0, 0.1) is 11.6 Å². The van der Waals surface area contributed by atoms with Crippen molar-refractivity contribution in [2.45, 2.75) is 6.42 Å². The first-order valence-electron chi connectivity index (χ1n) is 5.81. The molecule has 1 aromatic rings. The fourth-order valence-corrected chi connectivity index (χ4v) is 1.50. The van der Waals surface area contributed by atoms with Gasteiger partial charge in [-0.3, -0.25) is 0 Å². The normalized spacial score (nSPS) is 10.3. The largest absolute Gasteiger partial charge is 0.396 e. The van der Waals surface area contributed by atoms with Crippen LogP contribution in [0.3, 0.4) is 0 Å². The van der Waals surface area contributed by atoms with Gasteiger partial charge in [0.2, 0.25) is 0 Å². The van der Waals surface area contributed by atoms with Gasteiger partial charge >= 0.3 is 6.03 Å². The second kappa shape index (κ2) is 7.65. The number of urea groups is 1. The number of aliphatic hydroxyl groups is 2. The summed E-state index contributed by atoms with van der Waals surface area (Å²) in [6.07, 6.45) is 0.313. The van der Waals surface area contributed by atoms with Crippen molar-refractivity contribution in [2.75, 3.05) is 31.6 Å². The van der Waals surface area contributed by atoms with E-state index in [1.807, 2.05) is 0 Å². The lowest BCUT2D eigenvalue weighted by Gasteiger charge is -2.22. The lowest BCUT2D eigenvalue weighted by molar-refractivity contribution is 0.179. The van der Waals surface area contributed by atoms with Crippen LogP contribution >= 0.6 is 0 Å². The van der Waals surface area contributed by atoms with E-state index in [1.165, 1.54) is 11.0 Å². The molecule has 0 saturated carbocycles. The van der Waals surface area contributed by atoms with Crippen molar-refractivity contribution in [1.82, 2.24) is 4.90 Å².